The van der Waals surface area contributed by atoms with E-state index in [2.05, 4.69) is 36.2 Å². The van der Waals surface area contributed by atoms with E-state index in [0.29, 0.717) is 24.4 Å². The highest BCUT2D eigenvalue weighted by molar-refractivity contribution is 4.98. The van der Waals surface area contributed by atoms with Gasteiger partial charge >= 0.3 is 0 Å². The monoisotopic (exact) mass is 255 g/mol. The zero-order chi connectivity index (χ0) is 13.5. The van der Waals surface area contributed by atoms with Crippen LogP contribution < -0.4 is 5.32 Å². The summed E-state index contributed by atoms with van der Waals surface area (Å²) in [5, 5.41) is 7.43. The molecular weight excluding hydrogens is 230 g/mol. The van der Waals surface area contributed by atoms with Crippen molar-refractivity contribution in [3.05, 3.63) is 11.7 Å². The second kappa shape index (κ2) is 7.48. The lowest BCUT2D eigenvalue weighted by molar-refractivity contribution is 0.0683. The summed E-state index contributed by atoms with van der Waals surface area (Å²) in [6.45, 7) is 11.9. The van der Waals surface area contributed by atoms with Crippen LogP contribution in [-0.2, 0) is 4.74 Å². The van der Waals surface area contributed by atoms with Crippen molar-refractivity contribution >= 4 is 0 Å². The molecule has 5 heteroatoms. The molecule has 1 heterocycles. The number of hydrogen-bond donors (Lipinski definition) is 1. The maximum Gasteiger partial charge on any atom is 0.231 e. The molecule has 18 heavy (non-hydrogen) atoms. The number of nitrogens with one attached hydrogen (secondary N) is 1. The van der Waals surface area contributed by atoms with Crippen molar-refractivity contribution in [2.45, 2.75) is 59.1 Å². The summed E-state index contributed by atoms with van der Waals surface area (Å²) in [6.07, 6.45) is 0.923. The van der Waals surface area contributed by atoms with Gasteiger partial charge in [-0.1, -0.05) is 25.9 Å². The number of hydrogen-bond acceptors (Lipinski definition) is 5. The van der Waals surface area contributed by atoms with E-state index in [1.165, 1.54) is 0 Å². The van der Waals surface area contributed by atoms with E-state index in [9.17, 15) is 0 Å². The number of likely N-dealkylation sites (N-methyl/N-ethyl adjacent to an activating group) is 1. The van der Waals surface area contributed by atoms with Crippen molar-refractivity contribution in [2.75, 3.05) is 13.2 Å². The summed E-state index contributed by atoms with van der Waals surface area (Å²) < 4.78 is 10.8. The van der Waals surface area contributed by atoms with Crippen LogP contribution in [0.15, 0.2) is 4.52 Å². The van der Waals surface area contributed by atoms with E-state index in [1.807, 2.05) is 13.8 Å². The van der Waals surface area contributed by atoms with Crippen LogP contribution in [0.3, 0.4) is 0 Å². The number of ether oxygens (including phenoxy) is 1. The van der Waals surface area contributed by atoms with E-state index in [4.69, 9.17) is 9.26 Å². The molecular formula is C13H25N3O2. The Morgan fingerprint density at radius 3 is 2.56 bits per heavy atom. The van der Waals surface area contributed by atoms with Crippen LogP contribution >= 0.6 is 0 Å². The highest BCUT2D eigenvalue weighted by atomic mass is 16.5. The molecule has 0 aliphatic rings. The van der Waals surface area contributed by atoms with E-state index in [0.717, 1.165) is 13.0 Å². The SMILES string of the molecule is CCNC(CC)C(C)c1nc(C(C)OCC)no1. The van der Waals surface area contributed by atoms with Gasteiger partial charge in [0.25, 0.3) is 0 Å². The molecule has 1 N–H and O–H groups in total. The minimum Gasteiger partial charge on any atom is -0.371 e. The minimum atomic E-state index is -0.112. The zero-order valence-electron chi connectivity index (χ0n) is 12.1. The molecule has 0 spiro atoms. The summed E-state index contributed by atoms with van der Waals surface area (Å²) in [5.74, 6) is 1.53. The van der Waals surface area contributed by atoms with Gasteiger partial charge in [0.05, 0.1) is 5.92 Å². The normalized spacial score (nSPS) is 16.5. The lowest BCUT2D eigenvalue weighted by Gasteiger charge is -2.20. The first-order valence-electron chi connectivity index (χ1n) is 6.82. The molecule has 5 nitrogen and oxygen atoms in total. The van der Waals surface area contributed by atoms with Crippen molar-refractivity contribution in [1.82, 2.24) is 15.5 Å². The Balaban J connectivity index is 2.71. The number of nitrogens with zero attached hydrogens (tertiary/aromatic N) is 2. The lowest BCUT2D eigenvalue weighted by Crippen LogP contribution is -2.33. The fourth-order valence-corrected chi connectivity index (χ4v) is 2.03. The van der Waals surface area contributed by atoms with Crippen LogP contribution in [0.4, 0.5) is 0 Å². The Bertz CT molecular complexity index is 341. The highest BCUT2D eigenvalue weighted by Gasteiger charge is 2.23. The molecule has 1 aromatic heterocycles. The molecule has 1 rings (SSSR count). The molecule has 3 atom stereocenters. The molecule has 0 aliphatic carbocycles. The predicted molar refractivity (Wildman–Crippen MR) is 70.5 cm³/mol. The van der Waals surface area contributed by atoms with E-state index < -0.39 is 0 Å². The van der Waals surface area contributed by atoms with Crippen molar-refractivity contribution in [1.29, 1.82) is 0 Å². The zero-order valence-corrected chi connectivity index (χ0v) is 12.1. The third kappa shape index (κ3) is 3.78. The standard InChI is InChI=1S/C13H25N3O2/c1-6-11(14-7-2)9(4)13-15-12(16-18-13)10(5)17-8-3/h9-11,14H,6-8H2,1-5H3. The highest BCUT2D eigenvalue weighted by Crippen LogP contribution is 2.22. The summed E-state index contributed by atoms with van der Waals surface area (Å²) in [7, 11) is 0. The molecule has 0 saturated heterocycles. The van der Waals surface area contributed by atoms with Crippen molar-refractivity contribution in [3.8, 4) is 0 Å². The van der Waals surface area contributed by atoms with Crippen LogP contribution in [0.1, 0.15) is 64.8 Å². The first-order chi connectivity index (χ1) is 8.63. The number of rotatable bonds is 8. The first-order valence-corrected chi connectivity index (χ1v) is 6.82. The van der Waals surface area contributed by atoms with Gasteiger partial charge in [0, 0.05) is 12.6 Å². The van der Waals surface area contributed by atoms with Crippen LogP contribution in [0.25, 0.3) is 0 Å². The van der Waals surface area contributed by atoms with Crippen LogP contribution in [0.5, 0.6) is 0 Å². The van der Waals surface area contributed by atoms with Gasteiger partial charge in [0.15, 0.2) is 5.82 Å². The Morgan fingerprint density at radius 2 is 2.00 bits per heavy atom. The number of aromatic nitrogens is 2. The van der Waals surface area contributed by atoms with E-state index in [1.54, 1.807) is 0 Å². The predicted octanol–water partition coefficient (Wildman–Crippen LogP) is 2.66. The third-order valence-corrected chi connectivity index (χ3v) is 3.14. The van der Waals surface area contributed by atoms with Gasteiger partial charge in [-0.3, -0.25) is 0 Å². The van der Waals surface area contributed by atoms with Gasteiger partial charge in [0.1, 0.15) is 6.10 Å². The molecule has 3 unspecified atom stereocenters. The Labute approximate surface area is 109 Å². The van der Waals surface area contributed by atoms with Crippen LogP contribution in [0.2, 0.25) is 0 Å². The van der Waals surface area contributed by atoms with Crippen LogP contribution in [0, 0.1) is 0 Å². The van der Waals surface area contributed by atoms with Gasteiger partial charge in [-0.15, -0.1) is 0 Å². The molecule has 0 radical (unpaired) electrons. The molecule has 0 fully saturated rings. The van der Waals surface area contributed by atoms with Gasteiger partial charge in [-0.2, -0.15) is 4.98 Å². The summed E-state index contributed by atoms with van der Waals surface area (Å²) in [4.78, 5) is 4.44. The minimum absolute atomic E-state index is 0.112. The molecule has 1 aromatic rings. The average molecular weight is 255 g/mol. The lowest BCUT2D eigenvalue weighted by atomic mass is 9.99. The summed E-state index contributed by atoms with van der Waals surface area (Å²) in [5.41, 5.74) is 0. The van der Waals surface area contributed by atoms with Gasteiger partial charge in [-0.05, 0) is 26.8 Å². The van der Waals surface area contributed by atoms with E-state index in [-0.39, 0.29) is 12.0 Å². The third-order valence-electron chi connectivity index (χ3n) is 3.14. The quantitative estimate of drug-likeness (QED) is 0.774. The Kier molecular flexibility index (Phi) is 6.29. The second-order valence-electron chi connectivity index (χ2n) is 4.45. The summed E-state index contributed by atoms with van der Waals surface area (Å²) >= 11 is 0. The molecule has 0 aliphatic heterocycles. The molecule has 0 aromatic carbocycles. The van der Waals surface area contributed by atoms with Crippen molar-refractivity contribution < 1.29 is 9.26 Å². The van der Waals surface area contributed by atoms with E-state index >= 15 is 0 Å². The molecule has 0 saturated carbocycles. The summed E-state index contributed by atoms with van der Waals surface area (Å²) in [6, 6.07) is 0.366. The van der Waals surface area contributed by atoms with Crippen molar-refractivity contribution in [2.24, 2.45) is 0 Å². The fraction of sp³-hybridized carbons (Fsp3) is 0.846. The van der Waals surface area contributed by atoms with Crippen molar-refractivity contribution in [3.63, 3.8) is 0 Å². The van der Waals surface area contributed by atoms with Gasteiger partial charge < -0.3 is 14.6 Å². The Morgan fingerprint density at radius 1 is 1.28 bits per heavy atom. The maximum absolute atomic E-state index is 5.45. The topological polar surface area (TPSA) is 60.2 Å². The average Bonchev–Trinajstić information content (AvgIpc) is 2.85. The van der Waals surface area contributed by atoms with Gasteiger partial charge in [0.2, 0.25) is 5.89 Å². The molecule has 104 valence electrons. The Hall–Kier alpha value is -0.940. The molecule has 0 bridgehead atoms. The van der Waals surface area contributed by atoms with Crippen LogP contribution in [-0.4, -0.2) is 29.3 Å². The first kappa shape index (κ1) is 15.1. The largest absolute Gasteiger partial charge is 0.371 e. The second-order valence-corrected chi connectivity index (χ2v) is 4.45. The maximum atomic E-state index is 5.45. The molecule has 0 amide bonds. The smallest absolute Gasteiger partial charge is 0.231 e. The van der Waals surface area contributed by atoms with Gasteiger partial charge in [-0.25, -0.2) is 0 Å². The fourth-order valence-electron chi connectivity index (χ4n) is 2.03.